The van der Waals surface area contributed by atoms with Gasteiger partial charge in [-0.15, -0.1) is 0 Å². The summed E-state index contributed by atoms with van der Waals surface area (Å²) in [7, 11) is 1.79. The number of rotatable bonds is 3. The fourth-order valence-corrected chi connectivity index (χ4v) is 2.37. The van der Waals surface area contributed by atoms with Gasteiger partial charge in [0.2, 0.25) is 0 Å². The highest BCUT2D eigenvalue weighted by molar-refractivity contribution is 5.43. The molecule has 1 aliphatic carbocycles. The number of aromatic nitrogens is 1. The van der Waals surface area contributed by atoms with Crippen molar-refractivity contribution in [1.82, 2.24) is 4.98 Å². The van der Waals surface area contributed by atoms with Crippen LogP contribution in [0.25, 0.3) is 0 Å². The second kappa shape index (κ2) is 3.74. The highest BCUT2D eigenvalue weighted by atomic mass is 16.5. The Morgan fingerprint density at radius 2 is 2.19 bits per heavy atom. The van der Waals surface area contributed by atoms with Crippen molar-refractivity contribution in [1.29, 1.82) is 0 Å². The Morgan fingerprint density at radius 3 is 2.69 bits per heavy atom. The third kappa shape index (κ3) is 1.59. The standard InChI is InChI=1S/C13H20N2O/c1-12(2)11(8-13(12,3)16-4)15-10-6-5-7-14-9-10/h5-7,9,11,15H,8H2,1-4H3. The fraction of sp³-hybridized carbons (Fsp3) is 0.615. The molecule has 3 nitrogen and oxygen atoms in total. The van der Waals surface area contributed by atoms with Gasteiger partial charge in [0.15, 0.2) is 0 Å². The zero-order chi connectivity index (χ0) is 11.8. The minimum Gasteiger partial charge on any atom is -0.380 e. The van der Waals surface area contributed by atoms with E-state index in [0.29, 0.717) is 6.04 Å². The summed E-state index contributed by atoms with van der Waals surface area (Å²) in [5, 5.41) is 3.52. The first-order chi connectivity index (χ1) is 7.49. The van der Waals surface area contributed by atoms with Crippen LogP contribution in [-0.2, 0) is 4.74 Å². The van der Waals surface area contributed by atoms with E-state index in [4.69, 9.17) is 4.74 Å². The maximum Gasteiger partial charge on any atom is 0.0740 e. The van der Waals surface area contributed by atoms with E-state index < -0.39 is 0 Å². The summed E-state index contributed by atoms with van der Waals surface area (Å²) in [4.78, 5) is 4.11. The smallest absolute Gasteiger partial charge is 0.0740 e. The van der Waals surface area contributed by atoms with Crippen molar-refractivity contribution in [2.45, 2.75) is 38.8 Å². The summed E-state index contributed by atoms with van der Waals surface area (Å²) in [6.45, 7) is 6.66. The molecule has 1 heterocycles. The Bertz CT molecular complexity index is 363. The molecular weight excluding hydrogens is 200 g/mol. The summed E-state index contributed by atoms with van der Waals surface area (Å²) in [5.41, 5.74) is 1.20. The van der Waals surface area contributed by atoms with Gasteiger partial charge in [-0.25, -0.2) is 0 Å². The van der Waals surface area contributed by atoms with E-state index in [9.17, 15) is 0 Å². The van der Waals surface area contributed by atoms with Crippen LogP contribution in [0.5, 0.6) is 0 Å². The number of nitrogens with one attached hydrogen (secondary N) is 1. The van der Waals surface area contributed by atoms with Crippen LogP contribution in [-0.4, -0.2) is 23.7 Å². The summed E-state index contributed by atoms with van der Waals surface area (Å²) in [6.07, 6.45) is 4.68. The second-order valence-corrected chi connectivity index (χ2v) is 5.30. The first-order valence-electron chi connectivity index (χ1n) is 5.71. The lowest BCUT2D eigenvalue weighted by atomic mass is 9.56. The molecule has 0 spiro atoms. The molecule has 2 rings (SSSR count). The van der Waals surface area contributed by atoms with Crippen molar-refractivity contribution in [3.8, 4) is 0 Å². The van der Waals surface area contributed by atoms with Crippen LogP contribution in [0.3, 0.4) is 0 Å². The van der Waals surface area contributed by atoms with Gasteiger partial charge in [-0.1, -0.05) is 13.8 Å². The van der Waals surface area contributed by atoms with Crippen molar-refractivity contribution in [2.24, 2.45) is 5.41 Å². The topological polar surface area (TPSA) is 34.1 Å². The van der Waals surface area contributed by atoms with Gasteiger partial charge >= 0.3 is 0 Å². The molecule has 2 unspecified atom stereocenters. The first kappa shape index (κ1) is 11.4. The maximum atomic E-state index is 5.60. The Balaban J connectivity index is 2.05. The van der Waals surface area contributed by atoms with Crippen molar-refractivity contribution in [3.05, 3.63) is 24.5 Å². The van der Waals surface area contributed by atoms with E-state index in [0.717, 1.165) is 12.1 Å². The number of hydrogen-bond donors (Lipinski definition) is 1. The molecule has 1 fully saturated rings. The number of hydrogen-bond acceptors (Lipinski definition) is 3. The number of ether oxygens (including phenoxy) is 1. The van der Waals surface area contributed by atoms with Gasteiger partial charge in [0, 0.05) is 31.0 Å². The molecule has 0 aliphatic heterocycles. The van der Waals surface area contributed by atoms with Gasteiger partial charge in [0.1, 0.15) is 0 Å². The van der Waals surface area contributed by atoms with Crippen LogP contribution in [0.4, 0.5) is 5.69 Å². The minimum absolute atomic E-state index is 0.0210. The van der Waals surface area contributed by atoms with Crippen molar-refractivity contribution < 1.29 is 4.74 Å². The van der Waals surface area contributed by atoms with Gasteiger partial charge in [0.25, 0.3) is 0 Å². The molecule has 0 aromatic carbocycles. The Morgan fingerprint density at radius 1 is 1.44 bits per heavy atom. The SMILES string of the molecule is COC1(C)CC(Nc2cccnc2)C1(C)C. The van der Waals surface area contributed by atoms with Crippen LogP contribution >= 0.6 is 0 Å². The quantitative estimate of drug-likeness (QED) is 0.850. The van der Waals surface area contributed by atoms with Crippen molar-refractivity contribution in [2.75, 3.05) is 12.4 Å². The summed E-state index contributed by atoms with van der Waals surface area (Å²) in [6, 6.07) is 4.44. The molecule has 1 N–H and O–H groups in total. The molecule has 1 saturated carbocycles. The van der Waals surface area contributed by atoms with E-state index >= 15 is 0 Å². The van der Waals surface area contributed by atoms with E-state index in [2.05, 4.69) is 31.1 Å². The third-order valence-electron chi connectivity index (χ3n) is 4.28. The normalized spacial score (nSPS) is 31.9. The van der Waals surface area contributed by atoms with Gasteiger partial charge in [-0.05, 0) is 25.5 Å². The first-order valence-corrected chi connectivity index (χ1v) is 5.71. The lowest BCUT2D eigenvalue weighted by molar-refractivity contribution is -0.166. The minimum atomic E-state index is -0.0210. The van der Waals surface area contributed by atoms with E-state index in [-0.39, 0.29) is 11.0 Å². The third-order valence-corrected chi connectivity index (χ3v) is 4.28. The van der Waals surface area contributed by atoms with Crippen molar-refractivity contribution in [3.63, 3.8) is 0 Å². The van der Waals surface area contributed by atoms with Gasteiger partial charge < -0.3 is 10.1 Å². The monoisotopic (exact) mass is 220 g/mol. The molecule has 0 saturated heterocycles. The van der Waals surface area contributed by atoms with Crippen LogP contribution in [0.15, 0.2) is 24.5 Å². The summed E-state index contributed by atoms with van der Waals surface area (Å²) in [5.74, 6) is 0. The lowest BCUT2D eigenvalue weighted by Gasteiger charge is -2.59. The molecular formula is C13H20N2O. The van der Waals surface area contributed by atoms with Crippen molar-refractivity contribution >= 4 is 5.69 Å². The highest BCUT2D eigenvalue weighted by Crippen LogP contribution is 2.52. The Kier molecular flexibility index (Phi) is 2.66. The lowest BCUT2D eigenvalue weighted by Crippen LogP contribution is -2.65. The summed E-state index contributed by atoms with van der Waals surface area (Å²) < 4.78 is 5.60. The maximum absolute atomic E-state index is 5.60. The molecule has 0 radical (unpaired) electrons. The van der Waals surface area contributed by atoms with Crippen LogP contribution in [0, 0.1) is 5.41 Å². The molecule has 1 aromatic rings. The fourth-order valence-electron chi connectivity index (χ4n) is 2.37. The Hall–Kier alpha value is -1.09. The number of methoxy groups -OCH3 is 1. The predicted octanol–water partition coefficient (Wildman–Crippen LogP) is 2.70. The molecule has 1 aromatic heterocycles. The summed E-state index contributed by atoms with van der Waals surface area (Å²) >= 11 is 0. The molecule has 0 amide bonds. The zero-order valence-electron chi connectivity index (χ0n) is 10.4. The van der Waals surface area contributed by atoms with Crippen LogP contribution in [0.2, 0.25) is 0 Å². The van der Waals surface area contributed by atoms with Crippen LogP contribution < -0.4 is 5.32 Å². The van der Waals surface area contributed by atoms with Gasteiger partial charge in [-0.2, -0.15) is 0 Å². The molecule has 2 atom stereocenters. The number of anilines is 1. The molecule has 88 valence electrons. The van der Waals surface area contributed by atoms with Crippen LogP contribution in [0.1, 0.15) is 27.2 Å². The van der Waals surface area contributed by atoms with E-state index in [1.54, 1.807) is 13.3 Å². The highest BCUT2D eigenvalue weighted by Gasteiger charge is 2.57. The van der Waals surface area contributed by atoms with Gasteiger partial charge in [-0.3, -0.25) is 4.98 Å². The molecule has 3 heteroatoms. The van der Waals surface area contributed by atoms with E-state index in [1.807, 2.05) is 18.3 Å². The second-order valence-electron chi connectivity index (χ2n) is 5.30. The molecule has 16 heavy (non-hydrogen) atoms. The Labute approximate surface area is 97.2 Å². The average molecular weight is 220 g/mol. The number of nitrogens with zero attached hydrogens (tertiary/aromatic N) is 1. The molecule has 1 aliphatic rings. The largest absolute Gasteiger partial charge is 0.380 e. The molecule has 0 bridgehead atoms. The van der Waals surface area contributed by atoms with Gasteiger partial charge in [0.05, 0.1) is 11.3 Å². The predicted molar refractivity (Wildman–Crippen MR) is 65.5 cm³/mol. The zero-order valence-corrected chi connectivity index (χ0v) is 10.4. The average Bonchev–Trinajstić information content (AvgIpc) is 2.29. The van der Waals surface area contributed by atoms with E-state index in [1.165, 1.54) is 0 Å². The number of pyridine rings is 1.